The molecule has 2 aromatic heterocycles. The lowest BCUT2D eigenvalue weighted by atomic mass is 10.3. The van der Waals surface area contributed by atoms with Crippen molar-refractivity contribution in [3.05, 3.63) is 12.4 Å². The molecule has 0 spiro atoms. The quantitative estimate of drug-likeness (QED) is 0.482. The largest absolute Gasteiger partial charge is 0.384 e. The summed E-state index contributed by atoms with van der Waals surface area (Å²) >= 11 is 3.06. The van der Waals surface area contributed by atoms with Gasteiger partial charge in [0.2, 0.25) is 10.3 Å². The van der Waals surface area contributed by atoms with Gasteiger partial charge in [0.05, 0.1) is 19.0 Å². The smallest absolute Gasteiger partial charge is 0.209 e. The molecular weight excluding hydrogens is 334 g/mol. The van der Waals surface area contributed by atoms with Crippen LogP contribution in [0.2, 0.25) is 0 Å². The van der Waals surface area contributed by atoms with Crippen LogP contribution in [0.4, 0.5) is 0 Å². The molecule has 0 saturated carbocycles. The van der Waals surface area contributed by atoms with Crippen LogP contribution in [-0.4, -0.2) is 81.1 Å². The zero-order valence-electron chi connectivity index (χ0n) is 13.3. The van der Waals surface area contributed by atoms with Crippen molar-refractivity contribution < 1.29 is 4.74 Å². The lowest BCUT2D eigenvalue weighted by Gasteiger charge is -2.07. The summed E-state index contributed by atoms with van der Waals surface area (Å²) in [5.41, 5.74) is 1.29. The summed E-state index contributed by atoms with van der Waals surface area (Å²) in [6.07, 6.45) is 3.17. The van der Waals surface area contributed by atoms with E-state index in [2.05, 4.69) is 35.3 Å². The van der Waals surface area contributed by atoms with Crippen molar-refractivity contribution in [3.8, 4) is 11.4 Å². The van der Waals surface area contributed by atoms with Crippen LogP contribution in [0.5, 0.6) is 0 Å². The first-order chi connectivity index (χ1) is 11.2. The molecule has 0 aliphatic carbocycles. The number of aromatic nitrogens is 6. The van der Waals surface area contributed by atoms with Crippen molar-refractivity contribution in [2.75, 3.05) is 45.9 Å². The fraction of sp³-hybridized carbons (Fsp3) is 0.538. The Bertz CT molecular complexity index is 614. The zero-order valence-corrected chi connectivity index (χ0v) is 15.0. The van der Waals surface area contributed by atoms with Gasteiger partial charge in [-0.1, -0.05) is 23.5 Å². The number of rotatable bonds is 9. The molecule has 0 amide bonds. The van der Waals surface area contributed by atoms with E-state index in [4.69, 9.17) is 4.74 Å². The first-order valence-electron chi connectivity index (χ1n) is 6.98. The third kappa shape index (κ3) is 6.34. The average molecular weight is 353 g/mol. The van der Waals surface area contributed by atoms with Gasteiger partial charge in [-0.2, -0.15) is 10.2 Å². The van der Waals surface area contributed by atoms with Gasteiger partial charge in [0.15, 0.2) is 0 Å². The number of thioether (sulfide) groups is 2. The fourth-order valence-corrected chi connectivity index (χ4v) is 3.09. The van der Waals surface area contributed by atoms with Crippen LogP contribution in [0.3, 0.4) is 0 Å². The molecule has 0 N–H and O–H groups in total. The maximum atomic E-state index is 5.01. The van der Waals surface area contributed by atoms with E-state index in [1.165, 1.54) is 11.8 Å². The standard InChI is InChI=1S/C13H19N7OS2/c1-20(2)4-6-22-12-16-10(8-14-18-12)11-9-15-19-13(17-11)23-7-5-21-3/h8-9H,4-7H2,1-3H3. The van der Waals surface area contributed by atoms with Crippen LogP contribution in [0.1, 0.15) is 0 Å². The van der Waals surface area contributed by atoms with Crippen LogP contribution in [-0.2, 0) is 4.74 Å². The molecule has 2 heterocycles. The van der Waals surface area contributed by atoms with Gasteiger partial charge >= 0.3 is 0 Å². The number of ether oxygens (including phenoxy) is 1. The lowest BCUT2D eigenvalue weighted by Crippen LogP contribution is -2.15. The van der Waals surface area contributed by atoms with Gasteiger partial charge in [-0.25, -0.2) is 9.97 Å². The van der Waals surface area contributed by atoms with E-state index >= 15 is 0 Å². The summed E-state index contributed by atoms with van der Waals surface area (Å²) < 4.78 is 5.01. The van der Waals surface area contributed by atoms with Gasteiger partial charge in [-0.05, 0) is 14.1 Å². The molecule has 0 unspecified atom stereocenters. The summed E-state index contributed by atoms with van der Waals surface area (Å²) in [5, 5.41) is 17.3. The van der Waals surface area contributed by atoms with Gasteiger partial charge in [-0.3, -0.25) is 0 Å². The summed E-state index contributed by atoms with van der Waals surface area (Å²) in [6, 6.07) is 0. The summed E-state index contributed by atoms with van der Waals surface area (Å²) in [5.74, 6) is 1.67. The van der Waals surface area contributed by atoms with Crippen molar-refractivity contribution in [2.24, 2.45) is 0 Å². The number of nitrogens with zero attached hydrogens (tertiary/aromatic N) is 7. The molecule has 0 atom stereocenters. The van der Waals surface area contributed by atoms with Crippen LogP contribution < -0.4 is 0 Å². The van der Waals surface area contributed by atoms with E-state index in [0.29, 0.717) is 28.3 Å². The fourth-order valence-electron chi connectivity index (χ4n) is 1.48. The minimum absolute atomic E-state index is 0.597. The number of hydrogen-bond donors (Lipinski definition) is 0. The first kappa shape index (κ1) is 18.0. The second-order valence-corrected chi connectivity index (χ2v) is 6.87. The third-order valence-electron chi connectivity index (χ3n) is 2.63. The van der Waals surface area contributed by atoms with Crippen molar-refractivity contribution in [2.45, 2.75) is 10.3 Å². The molecule has 0 aliphatic rings. The van der Waals surface area contributed by atoms with Gasteiger partial charge in [0.1, 0.15) is 11.4 Å². The van der Waals surface area contributed by atoms with Crippen molar-refractivity contribution >= 4 is 23.5 Å². The highest BCUT2D eigenvalue weighted by atomic mass is 32.2. The van der Waals surface area contributed by atoms with Crippen LogP contribution in [0.15, 0.2) is 22.7 Å². The maximum absolute atomic E-state index is 5.01. The van der Waals surface area contributed by atoms with E-state index in [9.17, 15) is 0 Å². The zero-order chi connectivity index (χ0) is 16.5. The van der Waals surface area contributed by atoms with E-state index < -0.39 is 0 Å². The molecular formula is C13H19N7OS2. The molecule has 0 aliphatic heterocycles. The van der Waals surface area contributed by atoms with E-state index in [1.807, 2.05) is 14.1 Å². The van der Waals surface area contributed by atoms with Gasteiger partial charge in [0, 0.05) is 25.2 Å². The summed E-state index contributed by atoms with van der Waals surface area (Å²) in [6.45, 7) is 1.59. The predicted molar refractivity (Wildman–Crippen MR) is 90.5 cm³/mol. The number of methoxy groups -OCH3 is 1. The van der Waals surface area contributed by atoms with Crippen molar-refractivity contribution in [3.63, 3.8) is 0 Å². The predicted octanol–water partition coefficient (Wildman–Crippen LogP) is 1.12. The molecule has 0 radical (unpaired) electrons. The van der Waals surface area contributed by atoms with Crippen LogP contribution in [0, 0.1) is 0 Å². The van der Waals surface area contributed by atoms with E-state index in [1.54, 1.807) is 31.3 Å². The van der Waals surface area contributed by atoms with E-state index in [0.717, 1.165) is 18.1 Å². The third-order valence-corrected chi connectivity index (χ3v) is 4.25. The highest BCUT2D eigenvalue weighted by Gasteiger charge is 2.08. The molecule has 124 valence electrons. The van der Waals surface area contributed by atoms with Gasteiger partial charge < -0.3 is 9.64 Å². The maximum Gasteiger partial charge on any atom is 0.209 e. The topological polar surface area (TPSA) is 89.8 Å². The number of hydrogen-bond acceptors (Lipinski definition) is 10. The Kier molecular flexibility index (Phi) is 7.59. The molecule has 0 saturated heterocycles. The average Bonchev–Trinajstić information content (AvgIpc) is 2.55. The van der Waals surface area contributed by atoms with Crippen LogP contribution in [0.25, 0.3) is 11.4 Å². The monoisotopic (exact) mass is 353 g/mol. The highest BCUT2D eigenvalue weighted by Crippen LogP contribution is 2.19. The SMILES string of the molecule is COCCSc1nncc(-c2cnnc(SCCN(C)C)n2)n1. The molecule has 0 fully saturated rings. The Morgan fingerprint density at radius 1 is 0.957 bits per heavy atom. The highest BCUT2D eigenvalue weighted by molar-refractivity contribution is 7.99. The Balaban J connectivity index is 2.04. The molecule has 23 heavy (non-hydrogen) atoms. The van der Waals surface area contributed by atoms with Crippen molar-refractivity contribution in [1.82, 2.24) is 35.3 Å². The van der Waals surface area contributed by atoms with Crippen LogP contribution >= 0.6 is 23.5 Å². The lowest BCUT2D eigenvalue weighted by molar-refractivity contribution is 0.218. The Hall–Kier alpha value is -1.36. The second kappa shape index (κ2) is 9.71. The Labute approximate surface area is 143 Å². The molecule has 2 aromatic rings. The Morgan fingerprint density at radius 3 is 2.04 bits per heavy atom. The molecule has 0 aromatic carbocycles. The first-order valence-corrected chi connectivity index (χ1v) is 8.95. The normalized spacial score (nSPS) is 11.1. The second-order valence-electron chi connectivity index (χ2n) is 4.74. The van der Waals surface area contributed by atoms with E-state index in [-0.39, 0.29) is 0 Å². The molecule has 10 heteroatoms. The Morgan fingerprint density at radius 2 is 1.52 bits per heavy atom. The molecule has 2 rings (SSSR count). The minimum atomic E-state index is 0.597. The van der Waals surface area contributed by atoms with Gasteiger partial charge in [-0.15, -0.1) is 10.2 Å². The summed E-state index contributed by atoms with van der Waals surface area (Å²) in [7, 11) is 5.73. The summed E-state index contributed by atoms with van der Waals surface area (Å²) in [4.78, 5) is 11.0. The minimum Gasteiger partial charge on any atom is -0.384 e. The van der Waals surface area contributed by atoms with Gasteiger partial charge in [0.25, 0.3) is 0 Å². The molecule has 8 nitrogen and oxygen atoms in total. The van der Waals surface area contributed by atoms with Crippen molar-refractivity contribution in [1.29, 1.82) is 0 Å². The molecule has 0 bridgehead atoms.